The zero-order valence-corrected chi connectivity index (χ0v) is 14.7. The summed E-state index contributed by atoms with van der Waals surface area (Å²) in [6.45, 7) is 0. The third-order valence-corrected chi connectivity index (χ3v) is 4.04. The van der Waals surface area contributed by atoms with Gasteiger partial charge in [-0.25, -0.2) is 0 Å². The van der Waals surface area contributed by atoms with Crippen LogP contribution in [0.3, 0.4) is 0 Å². The molecule has 0 fully saturated rings. The minimum atomic E-state index is -0.534. The Hall–Kier alpha value is -3.34. The van der Waals surface area contributed by atoms with E-state index in [-0.39, 0.29) is 5.91 Å². The number of nitrogens with one attached hydrogen (secondary N) is 1. The Labute approximate surface area is 152 Å². The van der Waals surface area contributed by atoms with Crippen molar-refractivity contribution in [3.8, 4) is 11.5 Å². The van der Waals surface area contributed by atoms with Gasteiger partial charge in [0, 0.05) is 12.3 Å². The van der Waals surface area contributed by atoms with Crippen molar-refractivity contribution in [3.05, 3.63) is 84.2 Å². The number of methoxy groups -OCH3 is 2. The molecule has 0 saturated heterocycles. The predicted octanol–water partition coefficient (Wildman–Crippen LogP) is 3.87. The Bertz CT molecular complexity index is 827. The summed E-state index contributed by atoms with van der Waals surface area (Å²) in [5.41, 5.74) is 2.09. The summed E-state index contributed by atoms with van der Waals surface area (Å²) in [6, 6.07) is 20.4. The summed E-state index contributed by atoms with van der Waals surface area (Å²) in [6.07, 6.45) is 1.69. The zero-order valence-electron chi connectivity index (χ0n) is 14.7. The maximum absolute atomic E-state index is 13.1. The summed E-state index contributed by atoms with van der Waals surface area (Å²) < 4.78 is 10.6. The molecule has 0 spiro atoms. The number of nitrogens with zero attached hydrogens (tertiary/aromatic N) is 1. The number of ether oxygens (including phenoxy) is 2. The van der Waals surface area contributed by atoms with Gasteiger partial charge in [-0.15, -0.1) is 0 Å². The Morgan fingerprint density at radius 1 is 0.962 bits per heavy atom. The molecule has 1 atom stereocenters. The molecule has 0 aliphatic rings. The Balaban J connectivity index is 1.97. The lowest BCUT2D eigenvalue weighted by Gasteiger charge is -2.18. The Morgan fingerprint density at radius 2 is 1.73 bits per heavy atom. The molecule has 5 heteroatoms. The first-order valence-corrected chi connectivity index (χ1v) is 8.21. The van der Waals surface area contributed by atoms with Crippen molar-refractivity contribution < 1.29 is 14.3 Å². The summed E-state index contributed by atoms with van der Waals surface area (Å²) in [7, 11) is 3.14. The van der Waals surface area contributed by atoms with Crippen LogP contribution in [-0.2, 0) is 4.79 Å². The highest BCUT2D eigenvalue weighted by Crippen LogP contribution is 2.31. The average Bonchev–Trinajstić information content (AvgIpc) is 2.69. The quantitative estimate of drug-likeness (QED) is 0.735. The maximum Gasteiger partial charge on any atom is 0.238 e. The highest BCUT2D eigenvalue weighted by Gasteiger charge is 2.25. The normalized spacial score (nSPS) is 11.5. The Kier molecular flexibility index (Phi) is 5.49. The number of aromatic nitrogens is 1. The van der Waals surface area contributed by atoms with Gasteiger partial charge in [0.1, 0.15) is 17.4 Å². The fourth-order valence-corrected chi connectivity index (χ4v) is 2.77. The molecule has 132 valence electrons. The molecular weight excluding hydrogens is 328 g/mol. The van der Waals surface area contributed by atoms with Gasteiger partial charge >= 0.3 is 0 Å². The van der Waals surface area contributed by atoms with Gasteiger partial charge in [-0.1, -0.05) is 36.4 Å². The van der Waals surface area contributed by atoms with Crippen LogP contribution in [-0.4, -0.2) is 25.1 Å². The molecule has 1 unspecified atom stereocenters. The second-order valence-electron chi connectivity index (χ2n) is 5.65. The maximum atomic E-state index is 13.1. The lowest BCUT2D eigenvalue weighted by Crippen LogP contribution is -2.23. The van der Waals surface area contributed by atoms with E-state index in [0.717, 1.165) is 5.56 Å². The van der Waals surface area contributed by atoms with Crippen LogP contribution in [0.25, 0.3) is 0 Å². The van der Waals surface area contributed by atoms with Crippen LogP contribution >= 0.6 is 0 Å². The van der Waals surface area contributed by atoms with Gasteiger partial charge in [-0.3, -0.25) is 9.78 Å². The second-order valence-corrected chi connectivity index (χ2v) is 5.65. The van der Waals surface area contributed by atoms with Gasteiger partial charge in [0.25, 0.3) is 0 Å². The lowest BCUT2D eigenvalue weighted by molar-refractivity contribution is -0.116. The van der Waals surface area contributed by atoms with Crippen molar-refractivity contribution in [2.24, 2.45) is 0 Å². The van der Waals surface area contributed by atoms with Crippen LogP contribution < -0.4 is 14.8 Å². The van der Waals surface area contributed by atoms with Crippen LogP contribution in [0.1, 0.15) is 17.2 Å². The fraction of sp³-hybridized carbons (Fsp3) is 0.143. The van der Waals surface area contributed by atoms with Crippen molar-refractivity contribution in [1.82, 2.24) is 4.98 Å². The third-order valence-electron chi connectivity index (χ3n) is 4.04. The number of hydrogen-bond acceptors (Lipinski definition) is 4. The van der Waals surface area contributed by atoms with E-state index < -0.39 is 5.92 Å². The summed E-state index contributed by atoms with van der Waals surface area (Å²) in [4.78, 5) is 17.5. The van der Waals surface area contributed by atoms with Crippen molar-refractivity contribution >= 4 is 11.6 Å². The Morgan fingerprint density at radius 3 is 2.38 bits per heavy atom. The number of rotatable bonds is 6. The molecule has 0 bridgehead atoms. The SMILES string of the molecule is COc1ccc(OC)c(NC(=O)C(c2ccccc2)c2ccccn2)c1. The standard InChI is InChI=1S/C21H20N2O3/c1-25-16-11-12-19(26-2)18(14-16)23-21(24)20(15-8-4-3-5-9-15)17-10-6-7-13-22-17/h3-14,20H,1-2H3,(H,23,24). The van der Waals surface area contributed by atoms with E-state index in [1.807, 2.05) is 48.5 Å². The molecular formula is C21H20N2O3. The lowest BCUT2D eigenvalue weighted by atomic mass is 9.94. The molecule has 0 saturated carbocycles. The molecule has 3 rings (SSSR count). The van der Waals surface area contributed by atoms with Gasteiger partial charge in [0.15, 0.2) is 0 Å². The van der Waals surface area contributed by atoms with Gasteiger partial charge in [0.05, 0.1) is 25.6 Å². The van der Waals surface area contributed by atoms with Gasteiger partial charge in [0.2, 0.25) is 5.91 Å². The minimum Gasteiger partial charge on any atom is -0.497 e. The zero-order chi connectivity index (χ0) is 18.4. The monoisotopic (exact) mass is 348 g/mol. The molecule has 1 N–H and O–H groups in total. The molecule has 5 nitrogen and oxygen atoms in total. The summed E-state index contributed by atoms with van der Waals surface area (Å²) in [5.74, 6) is 0.469. The van der Waals surface area contributed by atoms with E-state index in [4.69, 9.17) is 9.47 Å². The summed E-state index contributed by atoms with van der Waals surface area (Å²) in [5, 5.41) is 2.95. The van der Waals surface area contributed by atoms with Gasteiger partial charge in [-0.2, -0.15) is 0 Å². The minimum absolute atomic E-state index is 0.193. The molecule has 3 aromatic rings. The van der Waals surface area contributed by atoms with Crippen molar-refractivity contribution in [2.75, 3.05) is 19.5 Å². The highest BCUT2D eigenvalue weighted by atomic mass is 16.5. The number of anilines is 1. The number of carbonyl (C=O) groups excluding carboxylic acids is 1. The molecule has 2 aromatic carbocycles. The number of benzene rings is 2. The predicted molar refractivity (Wildman–Crippen MR) is 101 cm³/mol. The van der Waals surface area contributed by atoms with Crippen molar-refractivity contribution in [2.45, 2.75) is 5.92 Å². The van der Waals surface area contributed by atoms with Crippen LogP contribution in [0.5, 0.6) is 11.5 Å². The second kappa shape index (κ2) is 8.16. The van der Waals surface area contributed by atoms with Crippen LogP contribution in [0.2, 0.25) is 0 Å². The topological polar surface area (TPSA) is 60.5 Å². The van der Waals surface area contributed by atoms with E-state index in [2.05, 4.69) is 10.3 Å². The van der Waals surface area contributed by atoms with Gasteiger partial charge < -0.3 is 14.8 Å². The summed E-state index contributed by atoms with van der Waals surface area (Å²) >= 11 is 0. The number of hydrogen-bond donors (Lipinski definition) is 1. The molecule has 0 aliphatic carbocycles. The van der Waals surface area contributed by atoms with Crippen LogP contribution in [0.15, 0.2) is 72.9 Å². The number of carbonyl (C=O) groups is 1. The van der Waals surface area contributed by atoms with E-state index >= 15 is 0 Å². The van der Waals surface area contributed by atoms with E-state index in [1.165, 1.54) is 0 Å². The third kappa shape index (κ3) is 3.83. The van der Waals surface area contributed by atoms with E-state index in [0.29, 0.717) is 22.9 Å². The van der Waals surface area contributed by atoms with Gasteiger partial charge in [-0.05, 0) is 29.8 Å². The van der Waals surface area contributed by atoms with Crippen LogP contribution in [0.4, 0.5) is 5.69 Å². The first-order valence-electron chi connectivity index (χ1n) is 8.21. The largest absolute Gasteiger partial charge is 0.497 e. The molecule has 1 aromatic heterocycles. The molecule has 1 amide bonds. The van der Waals surface area contributed by atoms with Crippen molar-refractivity contribution in [1.29, 1.82) is 0 Å². The molecule has 0 radical (unpaired) electrons. The highest BCUT2D eigenvalue weighted by molar-refractivity contribution is 5.99. The van der Waals surface area contributed by atoms with Crippen LogP contribution in [0, 0.1) is 0 Å². The van der Waals surface area contributed by atoms with E-state index in [1.54, 1.807) is 38.6 Å². The molecule has 0 aliphatic heterocycles. The van der Waals surface area contributed by atoms with Crippen molar-refractivity contribution in [3.63, 3.8) is 0 Å². The molecule has 1 heterocycles. The first-order chi connectivity index (χ1) is 12.7. The molecule has 26 heavy (non-hydrogen) atoms. The first kappa shape index (κ1) is 17.5. The number of amides is 1. The smallest absolute Gasteiger partial charge is 0.238 e. The average molecular weight is 348 g/mol. The fourth-order valence-electron chi connectivity index (χ4n) is 2.77. The number of pyridine rings is 1. The van der Waals surface area contributed by atoms with E-state index in [9.17, 15) is 4.79 Å².